The maximum atomic E-state index is 12.5. The Hall–Kier alpha value is -1.72. The zero-order chi connectivity index (χ0) is 15.1. The van der Waals surface area contributed by atoms with Gasteiger partial charge in [-0.2, -0.15) is 0 Å². The predicted molar refractivity (Wildman–Crippen MR) is 90.4 cm³/mol. The van der Waals surface area contributed by atoms with Crippen molar-refractivity contribution in [2.75, 3.05) is 0 Å². The van der Waals surface area contributed by atoms with Crippen molar-refractivity contribution in [3.8, 4) is 15.7 Å². The summed E-state index contributed by atoms with van der Waals surface area (Å²) in [6.45, 7) is 0. The Morgan fingerprint density at radius 2 is 1.82 bits per heavy atom. The molecule has 0 saturated heterocycles. The minimum atomic E-state index is -0.0789. The second-order valence-corrected chi connectivity index (χ2v) is 8.05. The monoisotopic (exact) mass is 393 g/mol. The van der Waals surface area contributed by atoms with E-state index in [-0.39, 0.29) is 20.3 Å². The SMILES string of the molecule is O=c1c2ccccc2[se]n1-c1nnc(-c2ccc(Cl)cc2)s1. The summed E-state index contributed by atoms with van der Waals surface area (Å²) in [7, 11) is 0. The summed E-state index contributed by atoms with van der Waals surface area (Å²) in [6.07, 6.45) is 0. The van der Waals surface area contributed by atoms with Crippen LogP contribution in [0, 0.1) is 0 Å². The Morgan fingerprint density at radius 3 is 2.59 bits per heavy atom. The summed E-state index contributed by atoms with van der Waals surface area (Å²) < 4.78 is 2.82. The van der Waals surface area contributed by atoms with E-state index in [4.69, 9.17) is 11.6 Å². The van der Waals surface area contributed by atoms with Gasteiger partial charge in [0, 0.05) is 0 Å². The van der Waals surface area contributed by atoms with Crippen LogP contribution in [0.2, 0.25) is 5.02 Å². The maximum absolute atomic E-state index is 12.5. The summed E-state index contributed by atoms with van der Waals surface area (Å²) in [5.74, 6) is 0. The standard InChI is InChI=1S/C15H8ClN3OSSe/c16-10-7-5-9(6-8-10)13-17-18-15(21-13)19-14(20)11-3-1-2-4-12(11)22-19/h1-8H. The Labute approximate surface area is 140 Å². The number of hydrogen-bond donors (Lipinski definition) is 0. The molecular weight excluding hydrogens is 385 g/mol. The summed E-state index contributed by atoms with van der Waals surface area (Å²) >= 11 is 7.24. The Bertz CT molecular complexity index is 1020. The van der Waals surface area contributed by atoms with Crippen molar-refractivity contribution in [1.29, 1.82) is 0 Å². The van der Waals surface area contributed by atoms with E-state index in [1.807, 2.05) is 48.5 Å². The Balaban J connectivity index is 1.81. The molecule has 2 aromatic carbocycles. The number of nitrogens with zero attached hydrogens (tertiary/aromatic N) is 3. The number of benzene rings is 2. The molecule has 0 aliphatic rings. The fourth-order valence-corrected chi connectivity index (χ4v) is 5.27. The number of fused-ring (bicyclic) bond motifs is 1. The van der Waals surface area contributed by atoms with E-state index in [2.05, 4.69) is 10.2 Å². The first-order valence-electron chi connectivity index (χ1n) is 6.43. The zero-order valence-corrected chi connectivity index (χ0v) is 14.3. The van der Waals surface area contributed by atoms with E-state index >= 15 is 0 Å². The average molecular weight is 393 g/mol. The molecule has 4 nitrogen and oxygen atoms in total. The van der Waals surface area contributed by atoms with Crippen LogP contribution < -0.4 is 5.56 Å². The molecule has 0 aliphatic carbocycles. The van der Waals surface area contributed by atoms with Gasteiger partial charge in [-0.1, -0.05) is 0 Å². The van der Waals surface area contributed by atoms with Gasteiger partial charge in [0.05, 0.1) is 0 Å². The van der Waals surface area contributed by atoms with Crippen LogP contribution in [0.1, 0.15) is 0 Å². The van der Waals surface area contributed by atoms with Crippen LogP contribution in [0.15, 0.2) is 53.3 Å². The molecule has 0 spiro atoms. The molecule has 2 heterocycles. The van der Waals surface area contributed by atoms with Crippen LogP contribution in [0.3, 0.4) is 0 Å². The molecule has 4 aromatic rings. The molecule has 0 fully saturated rings. The van der Waals surface area contributed by atoms with Crippen LogP contribution in [0.4, 0.5) is 0 Å². The average Bonchev–Trinajstić information content (AvgIpc) is 3.14. The summed E-state index contributed by atoms with van der Waals surface area (Å²) in [4.78, 5) is 12.5. The van der Waals surface area contributed by atoms with E-state index in [0.717, 1.165) is 20.2 Å². The van der Waals surface area contributed by atoms with Gasteiger partial charge in [0.2, 0.25) is 0 Å². The fourth-order valence-electron chi connectivity index (χ4n) is 2.10. The number of hydrogen-bond acceptors (Lipinski definition) is 4. The number of rotatable bonds is 2. The van der Waals surface area contributed by atoms with Gasteiger partial charge in [-0.25, -0.2) is 0 Å². The molecule has 0 N–H and O–H groups in total. The summed E-state index contributed by atoms with van der Waals surface area (Å²) in [5, 5.41) is 11.3. The van der Waals surface area contributed by atoms with Gasteiger partial charge in [-0.3, -0.25) is 0 Å². The molecule has 2 aromatic heterocycles. The van der Waals surface area contributed by atoms with Gasteiger partial charge < -0.3 is 0 Å². The van der Waals surface area contributed by atoms with Crippen LogP contribution >= 0.6 is 22.9 Å². The topological polar surface area (TPSA) is 47.8 Å². The first-order valence-corrected chi connectivity index (χ1v) is 9.25. The number of halogens is 1. The van der Waals surface area contributed by atoms with Crippen LogP contribution in [-0.2, 0) is 0 Å². The third-order valence-electron chi connectivity index (χ3n) is 3.17. The predicted octanol–water partition coefficient (Wildman–Crippen LogP) is 3.22. The van der Waals surface area contributed by atoms with Crippen molar-refractivity contribution in [2.45, 2.75) is 0 Å². The third kappa shape index (κ3) is 2.34. The van der Waals surface area contributed by atoms with Gasteiger partial charge in [-0.05, 0) is 0 Å². The van der Waals surface area contributed by atoms with Gasteiger partial charge in [0.15, 0.2) is 0 Å². The van der Waals surface area contributed by atoms with Gasteiger partial charge in [-0.15, -0.1) is 0 Å². The first-order chi connectivity index (χ1) is 10.7. The first kappa shape index (κ1) is 13.9. The van der Waals surface area contributed by atoms with Crippen molar-refractivity contribution in [3.63, 3.8) is 0 Å². The normalized spacial score (nSPS) is 11.1. The molecule has 0 bridgehead atoms. The second kappa shape index (κ2) is 5.48. The summed E-state index contributed by atoms with van der Waals surface area (Å²) in [6, 6.07) is 15.1. The van der Waals surface area contributed by atoms with Crippen molar-refractivity contribution >= 4 is 47.3 Å². The fraction of sp³-hybridized carbons (Fsp3) is 0. The van der Waals surface area contributed by atoms with Crippen LogP contribution in [0.5, 0.6) is 0 Å². The molecule has 0 radical (unpaired) electrons. The molecule has 0 amide bonds. The molecule has 7 heteroatoms. The van der Waals surface area contributed by atoms with Gasteiger partial charge >= 0.3 is 141 Å². The Kier molecular flexibility index (Phi) is 3.47. The van der Waals surface area contributed by atoms with E-state index in [1.165, 1.54) is 11.3 Å². The second-order valence-electron chi connectivity index (χ2n) is 4.58. The van der Waals surface area contributed by atoms with E-state index < -0.39 is 0 Å². The summed E-state index contributed by atoms with van der Waals surface area (Å²) in [5.41, 5.74) is 0.958. The van der Waals surface area contributed by atoms with Crippen LogP contribution in [-0.4, -0.2) is 28.5 Å². The van der Waals surface area contributed by atoms with E-state index in [0.29, 0.717) is 10.2 Å². The zero-order valence-electron chi connectivity index (χ0n) is 11.1. The Morgan fingerprint density at radius 1 is 1.05 bits per heavy atom. The van der Waals surface area contributed by atoms with Crippen molar-refractivity contribution < 1.29 is 0 Å². The third-order valence-corrected chi connectivity index (χ3v) is 6.89. The molecule has 0 atom stereocenters. The van der Waals surface area contributed by atoms with E-state index in [1.54, 1.807) is 3.56 Å². The van der Waals surface area contributed by atoms with Crippen molar-refractivity contribution in [3.05, 3.63) is 63.9 Å². The molecule has 108 valence electrons. The molecule has 0 saturated carbocycles. The van der Waals surface area contributed by atoms with E-state index in [9.17, 15) is 4.79 Å². The number of aromatic nitrogens is 3. The molecule has 0 unspecified atom stereocenters. The minimum absolute atomic E-state index is 0.00871. The molecular formula is C15H8ClN3OSSe. The van der Waals surface area contributed by atoms with Crippen LogP contribution in [0.25, 0.3) is 25.3 Å². The molecule has 0 aliphatic heterocycles. The quantitative estimate of drug-likeness (QED) is 0.492. The molecule has 22 heavy (non-hydrogen) atoms. The van der Waals surface area contributed by atoms with Crippen molar-refractivity contribution in [1.82, 2.24) is 13.8 Å². The van der Waals surface area contributed by atoms with Gasteiger partial charge in [0.1, 0.15) is 0 Å². The van der Waals surface area contributed by atoms with Gasteiger partial charge in [0.25, 0.3) is 0 Å². The molecule has 4 rings (SSSR count). The van der Waals surface area contributed by atoms with Crippen molar-refractivity contribution in [2.24, 2.45) is 0 Å².